The number of carbonyl (C=O) groups is 4. The van der Waals surface area contributed by atoms with Crippen LogP contribution in [-0.2, 0) is 23.9 Å². The van der Waals surface area contributed by atoms with Gasteiger partial charge >= 0.3 is 0 Å². The summed E-state index contributed by atoms with van der Waals surface area (Å²) in [5, 5.41) is 6.12. The highest BCUT2D eigenvalue weighted by Gasteiger charge is 2.40. The van der Waals surface area contributed by atoms with Crippen LogP contribution in [-0.4, -0.2) is 108 Å². The van der Waals surface area contributed by atoms with Gasteiger partial charge in [0.15, 0.2) is 0 Å². The zero-order chi connectivity index (χ0) is 34.6. The number of carbonyl (C=O) groups excluding carboxylic acids is 4. The molecule has 46 heavy (non-hydrogen) atoms. The average molecular weight is 648 g/mol. The quantitative estimate of drug-likeness (QED) is 0.188. The van der Waals surface area contributed by atoms with Crippen molar-refractivity contribution in [1.29, 1.82) is 0 Å². The summed E-state index contributed by atoms with van der Waals surface area (Å²) < 4.78 is 5.58. The van der Waals surface area contributed by atoms with Gasteiger partial charge in [-0.15, -0.1) is 0 Å². The van der Waals surface area contributed by atoms with Gasteiger partial charge in [0.25, 0.3) is 0 Å². The number of nitrogens with zero attached hydrogens (tertiary/aromatic N) is 3. The molecule has 0 bridgehead atoms. The zero-order valence-corrected chi connectivity index (χ0v) is 30.6. The summed E-state index contributed by atoms with van der Waals surface area (Å²) in [6.45, 7) is 21.3. The van der Waals surface area contributed by atoms with E-state index in [1.54, 1.807) is 23.8 Å². The molecule has 0 aromatic heterocycles. The third-order valence-electron chi connectivity index (χ3n) is 9.37. The number of likely N-dealkylation sites (N-methyl/N-ethyl adjacent to an activating group) is 1. The minimum absolute atomic E-state index is 0.0139. The Morgan fingerprint density at radius 2 is 1.59 bits per heavy atom. The molecule has 0 radical (unpaired) electrons. The van der Waals surface area contributed by atoms with Crippen LogP contribution in [0.5, 0.6) is 0 Å². The van der Waals surface area contributed by atoms with Crippen LogP contribution < -0.4 is 10.6 Å². The predicted octanol–water partition coefficient (Wildman–Crippen LogP) is 4.52. The number of hydrogen-bond donors (Lipinski definition) is 2. The smallest absolute Gasteiger partial charge is 0.249 e. The van der Waals surface area contributed by atoms with Gasteiger partial charge in [0.05, 0.1) is 12.1 Å². The Labute approximate surface area is 279 Å². The molecule has 0 saturated carbocycles. The van der Waals surface area contributed by atoms with E-state index in [1.807, 2.05) is 40.7 Å². The molecule has 0 spiro atoms. The normalized spacial score (nSPS) is 21.0. The van der Waals surface area contributed by atoms with Crippen molar-refractivity contribution < 1.29 is 23.9 Å². The van der Waals surface area contributed by atoms with Gasteiger partial charge in [-0.25, -0.2) is 0 Å². The second-order valence-corrected chi connectivity index (χ2v) is 15.0. The first-order valence-electron chi connectivity index (χ1n) is 17.8. The number of piperidine rings is 1. The second-order valence-electron chi connectivity index (χ2n) is 15.0. The molecular weight excluding hydrogens is 582 g/mol. The minimum Gasteiger partial charge on any atom is -0.381 e. The molecule has 264 valence electrons. The number of nitrogens with one attached hydrogen (secondary N) is 2. The first-order chi connectivity index (χ1) is 21.6. The SMILES string of the molecule is CCCCOCCCNC(=O)[C@@H]1CCCN1C(=O)C(C)=C[C@H](C(C)C)N(C)C(=O)[C@@H](NC(=O)[C@H]1CCCCN1C(C)C)C(C)(C)C. The van der Waals surface area contributed by atoms with E-state index < -0.39 is 17.5 Å². The van der Waals surface area contributed by atoms with Crippen molar-refractivity contribution in [3.8, 4) is 0 Å². The van der Waals surface area contributed by atoms with E-state index in [9.17, 15) is 19.2 Å². The van der Waals surface area contributed by atoms with Crippen LogP contribution in [0.15, 0.2) is 11.6 Å². The van der Waals surface area contributed by atoms with E-state index in [0.717, 1.165) is 58.1 Å². The first-order valence-corrected chi connectivity index (χ1v) is 17.8. The summed E-state index contributed by atoms with van der Waals surface area (Å²) in [4.78, 5) is 60.0. The summed E-state index contributed by atoms with van der Waals surface area (Å²) in [5.74, 6) is -0.572. The van der Waals surface area contributed by atoms with Gasteiger partial charge in [0.1, 0.15) is 12.1 Å². The highest BCUT2D eigenvalue weighted by molar-refractivity contribution is 5.97. The molecule has 2 heterocycles. The fourth-order valence-corrected chi connectivity index (χ4v) is 6.53. The molecule has 0 aromatic rings. The molecule has 0 unspecified atom stereocenters. The third kappa shape index (κ3) is 11.4. The van der Waals surface area contributed by atoms with E-state index in [4.69, 9.17) is 4.74 Å². The van der Waals surface area contributed by atoms with E-state index in [1.165, 1.54) is 0 Å². The van der Waals surface area contributed by atoms with Gasteiger partial charge in [-0.05, 0) is 77.2 Å². The van der Waals surface area contributed by atoms with Gasteiger partial charge in [0.2, 0.25) is 23.6 Å². The molecule has 4 amide bonds. The number of rotatable bonds is 16. The van der Waals surface area contributed by atoms with Crippen molar-refractivity contribution in [3.63, 3.8) is 0 Å². The molecule has 0 aromatic carbocycles. The highest BCUT2D eigenvalue weighted by atomic mass is 16.5. The third-order valence-corrected chi connectivity index (χ3v) is 9.37. The van der Waals surface area contributed by atoms with Crippen LogP contribution in [0, 0.1) is 11.3 Å². The van der Waals surface area contributed by atoms with Crippen molar-refractivity contribution >= 4 is 23.6 Å². The van der Waals surface area contributed by atoms with Crippen LogP contribution in [0.4, 0.5) is 0 Å². The minimum atomic E-state index is -0.727. The lowest BCUT2D eigenvalue weighted by molar-refractivity contribution is -0.142. The Morgan fingerprint density at radius 1 is 0.935 bits per heavy atom. The topological polar surface area (TPSA) is 111 Å². The van der Waals surface area contributed by atoms with Gasteiger partial charge < -0.3 is 25.2 Å². The molecule has 10 nitrogen and oxygen atoms in total. The number of hydrogen-bond acceptors (Lipinski definition) is 6. The summed E-state index contributed by atoms with van der Waals surface area (Å²) in [5.41, 5.74) is -0.0138. The monoisotopic (exact) mass is 647 g/mol. The lowest BCUT2D eigenvalue weighted by Gasteiger charge is -2.41. The summed E-state index contributed by atoms with van der Waals surface area (Å²) in [7, 11) is 1.76. The van der Waals surface area contributed by atoms with Gasteiger partial charge in [-0.2, -0.15) is 0 Å². The Morgan fingerprint density at radius 3 is 2.20 bits per heavy atom. The maximum Gasteiger partial charge on any atom is 0.249 e. The zero-order valence-electron chi connectivity index (χ0n) is 30.6. The summed E-state index contributed by atoms with van der Waals surface area (Å²) in [6.07, 6.45) is 8.97. The van der Waals surface area contributed by atoms with Gasteiger partial charge in [-0.3, -0.25) is 24.1 Å². The van der Waals surface area contributed by atoms with Gasteiger partial charge in [-0.1, -0.05) is 60.5 Å². The van der Waals surface area contributed by atoms with Crippen LogP contribution >= 0.6 is 0 Å². The highest BCUT2D eigenvalue weighted by Crippen LogP contribution is 2.27. The first kappa shape index (κ1) is 39.7. The fourth-order valence-electron chi connectivity index (χ4n) is 6.53. The number of unbranched alkanes of at least 4 members (excludes halogenated alkanes) is 1. The van der Waals surface area contributed by atoms with Crippen molar-refractivity contribution in [2.75, 3.05) is 39.9 Å². The van der Waals surface area contributed by atoms with Crippen molar-refractivity contribution in [1.82, 2.24) is 25.3 Å². The molecule has 10 heteroatoms. The molecule has 0 aliphatic carbocycles. The number of amides is 4. The maximum absolute atomic E-state index is 14.1. The van der Waals surface area contributed by atoms with Crippen LogP contribution in [0.3, 0.4) is 0 Å². The summed E-state index contributed by atoms with van der Waals surface area (Å²) >= 11 is 0. The molecule has 2 fully saturated rings. The predicted molar refractivity (Wildman–Crippen MR) is 184 cm³/mol. The molecular formula is C36H65N5O5. The summed E-state index contributed by atoms with van der Waals surface area (Å²) in [6, 6.07) is -1.60. The lowest BCUT2D eigenvalue weighted by Crippen LogP contribution is -2.60. The second kappa shape index (κ2) is 18.8. The van der Waals surface area contributed by atoms with Crippen LogP contribution in [0.2, 0.25) is 0 Å². The largest absolute Gasteiger partial charge is 0.381 e. The van der Waals surface area contributed by atoms with E-state index in [2.05, 4.69) is 36.3 Å². The number of ether oxygens (including phenoxy) is 1. The van der Waals surface area contributed by atoms with Crippen molar-refractivity contribution in [2.24, 2.45) is 11.3 Å². The molecule has 2 rings (SSSR count). The van der Waals surface area contributed by atoms with Crippen molar-refractivity contribution in [3.05, 3.63) is 11.6 Å². The average Bonchev–Trinajstić information content (AvgIpc) is 3.50. The Bertz CT molecular complexity index is 1040. The molecule has 4 atom stereocenters. The standard InChI is InChI=1S/C36H65N5O5/c1-11-12-22-46-23-16-19-37-32(42)28-18-15-21-41(28)34(44)27(6)24-30(25(2)3)39(10)35(45)31(36(7,8)9)38-33(43)29-17-13-14-20-40(29)26(4)5/h24-26,28-31H,11-23H2,1-10H3,(H,37,42)(H,38,43)/t28-,29+,30+,31+/m0/s1. The van der Waals surface area contributed by atoms with Crippen LogP contribution in [0.1, 0.15) is 114 Å². The lowest BCUT2D eigenvalue weighted by atomic mass is 9.84. The van der Waals surface area contributed by atoms with E-state index >= 15 is 0 Å². The van der Waals surface area contributed by atoms with Gasteiger partial charge in [0, 0.05) is 45.0 Å². The Kier molecular flexibility index (Phi) is 16.2. The van der Waals surface area contributed by atoms with Crippen molar-refractivity contribution in [2.45, 2.75) is 144 Å². The van der Waals surface area contributed by atoms with Crippen LogP contribution in [0.25, 0.3) is 0 Å². The molecule has 2 aliphatic rings. The molecule has 2 saturated heterocycles. The fraction of sp³-hybridized carbons (Fsp3) is 0.833. The van der Waals surface area contributed by atoms with E-state index in [0.29, 0.717) is 31.7 Å². The Hall–Kier alpha value is -2.46. The maximum atomic E-state index is 14.1. The molecule has 2 aliphatic heterocycles. The van der Waals surface area contributed by atoms with E-state index in [-0.39, 0.29) is 47.7 Å². The molecule has 2 N–H and O–H groups in total. The number of likely N-dealkylation sites (tertiary alicyclic amines) is 2. The Balaban J connectivity index is 2.13.